The number of hydrogen-bond donors (Lipinski definition) is 6. The van der Waals surface area contributed by atoms with E-state index in [1.807, 2.05) is 14.1 Å². The van der Waals surface area contributed by atoms with Gasteiger partial charge >= 0.3 is 0 Å². The molecule has 0 aromatic heterocycles. The molecular formula is C34H40N4O8. The standard InChI is InChI=1S/C34H40N4O8/c1-37(2)13-6-5-12-36-33(45)18-9-7-8-17(14-18)20-10-11-23(39)25-21(20)15-19-16-22-27(38(3)4)29(41)26(32(35)44)31(43)34(22,46)30(42)24(19)28(25)40/h7-11,14,19,22,27,39-40,43,46H,5-6,12-13,15-16H2,1-4H3,(H2,35,44)(H,36,45)/t19-,22-,27-,34-/m0/s1. The predicted molar refractivity (Wildman–Crippen MR) is 170 cm³/mol. The highest BCUT2D eigenvalue weighted by atomic mass is 16.3. The molecule has 4 atom stereocenters. The number of aliphatic hydroxyl groups excluding tert-OH is 2. The molecular weight excluding hydrogens is 592 g/mol. The van der Waals surface area contributed by atoms with Crippen molar-refractivity contribution in [3.8, 4) is 16.9 Å². The fourth-order valence-corrected chi connectivity index (χ4v) is 7.20. The minimum Gasteiger partial charge on any atom is -0.508 e. The van der Waals surface area contributed by atoms with Crippen molar-refractivity contribution in [2.45, 2.75) is 37.3 Å². The van der Waals surface area contributed by atoms with Crippen LogP contribution in [0.3, 0.4) is 0 Å². The van der Waals surface area contributed by atoms with Crippen LogP contribution in [0.15, 0.2) is 53.3 Å². The van der Waals surface area contributed by atoms with Gasteiger partial charge < -0.3 is 36.4 Å². The number of hydrogen-bond acceptors (Lipinski definition) is 10. The van der Waals surface area contributed by atoms with Gasteiger partial charge in [0.15, 0.2) is 11.4 Å². The quantitative estimate of drug-likeness (QED) is 0.175. The zero-order valence-electron chi connectivity index (χ0n) is 26.3. The van der Waals surface area contributed by atoms with Gasteiger partial charge in [0.25, 0.3) is 11.8 Å². The summed E-state index contributed by atoms with van der Waals surface area (Å²) in [7, 11) is 7.09. The summed E-state index contributed by atoms with van der Waals surface area (Å²) in [5, 5.41) is 48.2. The fraction of sp³-hybridized carbons (Fsp3) is 0.412. The summed E-state index contributed by atoms with van der Waals surface area (Å²) in [6.45, 7) is 1.45. The van der Waals surface area contributed by atoms with Crippen LogP contribution < -0.4 is 11.1 Å². The van der Waals surface area contributed by atoms with E-state index in [-0.39, 0.29) is 35.6 Å². The molecule has 2 amide bonds. The first-order chi connectivity index (χ1) is 21.7. The molecule has 0 unspecified atom stereocenters. The molecule has 12 heteroatoms. The number of aromatic hydroxyl groups is 1. The Morgan fingerprint density at radius 1 is 1.04 bits per heavy atom. The summed E-state index contributed by atoms with van der Waals surface area (Å²) in [5.41, 5.74) is 3.82. The van der Waals surface area contributed by atoms with Gasteiger partial charge in [0.1, 0.15) is 22.8 Å². The SMILES string of the molecule is CN(C)CCCCNC(=O)c1cccc(-c2ccc(O)c3c2C[C@H]2C[C@H]4[C@H](N(C)C)C(=O)C(C(N)=O)=C(O)[C@@]4(O)C(=O)C2=C3O)c1. The van der Waals surface area contributed by atoms with E-state index in [9.17, 15) is 39.6 Å². The van der Waals surface area contributed by atoms with E-state index in [1.165, 1.54) is 11.0 Å². The van der Waals surface area contributed by atoms with Crippen LogP contribution in [-0.2, 0) is 20.8 Å². The number of nitrogens with two attached hydrogens (primary N) is 1. The number of likely N-dealkylation sites (N-methyl/N-ethyl adjacent to an activating group) is 1. The number of nitrogens with zero attached hydrogens (tertiary/aromatic N) is 2. The molecule has 1 saturated carbocycles. The Labute approximate surface area is 266 Å². The third-order valence-electron chi connectivity index (χ3n) is 9.36. The van der Waals surface area contributed by atoms with Gasteiger partial charge in [0.05, 0.1) is 11.6 Å². The van der Waals surface area contributed by atoms with E-state index in [0.29, 0.717) is 28.8 Å². The number of carbonyl (C=O) groups excluding carboxylic acids is 4. The van der Waals surface area contributed by atoms with Gasteiger partial charge in [-0.3, -0.25) is 24.1 Å². The van der Waals surface area contributed by atoms with Crippen LogP contribution in [-0.4, -0.2) is 107 Å². The maximum Gasteiger partial charge on any atom is 0.255 e. The minimum atomic E-state index is -2.70. The lowest BCUT2D eigenvalue weighted by Gasteiger charge is -2.50. The summed E-state index contributed by atoms with van der Waals surface area (Å²) >= 11 is 0. The zero-order chi connectivity index (χ0) is 33.7. The molecule has 0 saturated heterocycles. The molecule has 3 aliphatic rings. The van der Waals surface area contributed by atoms with Crippen LogP contribution in [0.1, 0.15) is 40.7 Å². The van der Waals surface area contributed by atoms with Crippen LogP contribution in [0.4, 0.5) is 0 Å². The Hall–Kier alpha value is -4.52. The molecule has 2 aromatic rings. The van der Waals surface area contributed by atoms with Crippen molar-refractivity contribution in [1.29, 1.82) is 0 Å². The molecule has 0 spiro atoms. The third kappa shape index (κ3) is 5.36. The molecule has 0 bridgehead atoms. The van der Waals surface area contributed by atoms with Crippen LogP contribution >= 0.6 is 0 Å². The molecule has 0 aliphatic heterocycles. The Balaban J connectivity index is 1.55. The second kappa shape index (κ2) is 12.3. The molecule has 5 rings (SSSR count). The lowest BCUT2D eigenvalue weighted by Crippen LogP contribution is -2.65. The summed E-state index contributed by atoms with van der Waals surface area (Å²) in [4.78, 5) is 56.1. The van der Waals surface area contributed by atoms with Crippen LogP contribution in [0.2, 0.25) is 0 Å². The van der Waals surface area contributed by atoms with Gasteiger partial charge in [-0.25, -0.2) is 0 Å². The molecule has 46 heavy (non-hydrogen) atoms. The molecule has 3 aliphatic carbocycles. The number of unbranched alkanes of at least 4 members (excludes halogenated alkanes) is 1. The summed E-state index contributed by atoms with van der Waals surface area (Å²) in [5.74, 6) is -7.28. The Morgan fingerprint density at radius 2 is 1.76 bits per heavy atom. The number of primary amides is 1. The number of carbonyl (C=O) groups is 4. The van der Waals surface area contributed by atoms with E-state index in [1.54, 1.807) is 44.4 Å². The number of amides is 2. The maximum absolute atomic E-state index is 14.1. The van der Waals surface area contributed by atoms with Gasteiger partial charge in [-0.15, -0.1) is 0 Å². The lowest BCUT2D eigenvalue weighted by molar-refractivity contribution is -0.153. The molecule has 0 heterocycles. The first kappa shape index (κ1) is 32.9. The van der Waals surface area contributed by atoms with Crippen molar-refractivity contribution >= 4 is 29.1 Å². The van der Waals surface area contributed by atoms with E-state index in [4.69, 9.17) is 5.73 Å². The molecule has 12 nitrogen and oxygen atoms in total. The normalized spacial score (nSPS) is 24.2. The second-order valence-corrected chi connectivity index (χ2v) is 12.8. The highest BCUT2D eigenvalue weighted by molar-refractivity contribution is 6.24. The Kier molecular flexibility index (Phi) is 8.82. The smallest absolute Gasteiger partial charge is 0.255 e. The average molecular weight is 633 g/mol. The van der Waals surface area contributed by atoms with E-state index >= 15 is 0 Å². The van der Waals surface area contributed by atoms with Gasteiger partial charge in [-0.2, -0.15) is 0 Å². The van der Waals surface area contributed by atoms with Crippen molar-refractivity contribution in [3.63, 3.8) is 0 Å². The molecule has 244 valence electrons. The van der Waals surface area contributed by atoms with Gasteiger partial charge in [0.2, 0.25) is 5.78 Å². The van der Waals surface area contributed by atoms with Crippen molar-refractivity contribution in [1.82, 2.24) is 15.1 Å². The van der Waals surface area contributed by atoms with Gasteiger partial charge in [0, 0.05) is 23.6 Å². The minimum absolute atomic E-state index is 0.00969. The largest absolute Gasteiger partial charge is 0.508 e. The van der Waals surface area contributed by atoms with Crippen molar-refractivity contribution in [3.05, 3.63) is 70.0 Å². The third-order valence-corrected chi connectivity index (χ3v) is 9.36. The monoisotopic (exact) mass is 632 g/mol. The van der Waals surface area contributed by atoms with Crippen LogP contribution in [0.5, 0.6) is 5.75 Å². The predicted octanol–water partition coefficient (Wildman–Crippen LogP) is 1.70. The second-order valence-electron chi connectivity index (χ2n) is 12.8. The summed E-state index contributed by atoms with van der Waals surface area (Å²) < 4.78 is 0. The number of rotatable bonds is 9. The first-order valence-electron chi connectivity index (χ1n) is 15.2. The first-order valence-corrected chi connectivity index (χ1v) is 15.2. The Bertz CT molecular complexity index is 1690. The topological polar surface area (TPSA) is 194 Å². The van der Waals surface area contributed by atoms with Crippen molar-refractivity contribution in [2.24, 2.45) is 17.6 Å². The summed E-state index contributed by atoms with van der Waals surface area (Å²) in [6.07, 6.45) is 1.90. The van der Waals surface area contributed by atoms with E-state index < -0.39 is 58.0 Å². The number of phenols is 1. The molecule has 0 radical (unpaired) electrons. The highest BCUT2D eigenvalue weighted by Crippen LogP contribution is 2.53. The molecule has 2 aromatic carbocycles. The number of ketones is 2. The summed E-state index contributed by atoms with van der Waals surface area (Å²) in [6, 6.07) is 8.84. The van der Waals surface area contributed by atoms with Gasteiger partial charge in [-0.1, -0.05) is 18.2 Å². The van der Waals surface area contributed by atoms with E-state index in [2.05, 4.69) is 10.2 Å². The maximum atomic E-state index is 14.1. The highest BCUT2D eigenvalue weighted by Gasteiger charge is 2.64. The van der Waals surface area contributed by atoms with Crippen LogP contribution in [0.25, 0.3) is 16.9 Å². The van der Waals surface area contributed by atoms with Gasteiger partial charge in [-0.05, 0) is 101 Å². The number of aliphatic hydroxyl groups is 3. The Morgan fingerprint density at radius 3 is 2.41 bits per heavy atom. The van der Waals surface area contributed by atoms with Crippen LogP contribution in [0, 0.1) is 11.8 Å². The number of nitrogens with one attached hydrogen (secondary N) is 1. The van der Waals surface area contributed by atoms with Crippen molar-refractivity contribution in [2.75, 3.05) is 41.3 Å². The number of benzene rings is 2. The number of fused-ring (bicyclic) bond motifs is 3. The average Bonchev–Trinajstić information content (AvgIpc) is 2.98. The molecule has 1 fully saturated rings. The zero-order valence-corrected chi connectivity index (χ0v) is 26.3. The lowest BCUT2D eigenvalue weighted by atomic mass is 9.57. The number of phenolic OH excluding ortho intramolecular Hbond substituents is 1. The van der Waals surface area contributed by atoms with E-state index in [0.717, 1.165) is 19.4 Å². The fourth-order valence-electron chi connectivity index (χ4n) is 7.20. The molecule has 7 N–H and O–H groups in total. The number of Topliss-reactive ketones (excluding diaryl/α,β-unsaturated/α-hetero) is 2. The van der Waals surface area contributed by atoms with Crippen molar-refractivity contribution < 1.29 is 39.6 Å².